The summed E-state index contributed by atoms with van der Waals surface area (Å²) in [4.78, 5) is 27.9. The smallest absolute Gasteiger partial charge is 0.242 e. The van der Waals surface area contributed by atoms with E-state index in [4.69, 9.17) is 11.6 Å². The molecule has 0 bridgehead atoms. The first-order valence-corrected chi connectivity index (χ1v) is 13.7. The Bertz CT molecular complexity index is 1250. The topological polar surface area (TPSA) is 86.8 Å². The van der Waals surface area contributed by atoms with E-state index in [2.05, 4.69) is 5.32 Å². The number of nitrogens with one attached hydrogen (secondary N) is 1. The lowest BCUT2D eigenvalue weighted by Gasteiger charge is -2.31. The van der Waals surface area contributed by atoms with Crippen molar-refractivity contribution in [3.05, 3.63) is 107 Å². The first kappa shape index (κ1) is 27.4. The number of halogens is 1. The summed E-state index contributed by atoms with van der Waals surface area (Å²) in [5.74, 6) is -0.816. The van der Waals surface area contributed by atoms with Crippen LogP contribution in [0.5, 0.6) is 0 Å². The maximum Gasteiger partial charge on any atom is 0.242 e. The molecule has 0 spiro atoms. The van der Waals surface area contributed by atoms with Gasteiger partial charge < -0.3 is 10.2 Å². The molecule has 3 aromatic carbocycles. The molecule has 0 radical (unpaired) electrons. The summed E-state index contributed by atoms with van der Waals surface area (Å²) in [6.45, 7) is 1.73. The molecule has 0 saturated carbocycles. The fourth-order valence-electron chi connectivity index (χ4n) is 3.62. The van der Waals surface area contributed by atoms with Crippen molar-refractivity contribution >= 4 is 33.4 Å². The van der Waals surface area contributed by atoms with Crippen LogP contribution in [0, 0.1) is 0 Å². The minimum atomic E-state index is -3.69. The molecule has 0 aliphatic carbocycles. The van der Waals surface area contributed by atoms with Gasteiger partial charge in [-0.2, -0.15) is 4.31 Å². The van der Waals surface area contributed by atoms with Gasteiger partial charge >= 0.3 is 0 Å². The predicted octanol–water partition coefficient (Wildman–Crippen LogP) is 3.84. The van der Waals surface area contributed by atoms with Crippen LogP contribution in [-0.2, 0) is 39.2 Å². The second-order valence-corrected chi connectivity index (χ2v) is 11.0. The molecule has 9 heteroatoms. The highest BCUT2D eigenvalue weighted by atomic mass is 35.5. The molecule has 0 fully saturated rings. The normalized spacial score (nSPS) is 12.2. The SMILES string of the molecule is C[C@H](C(=O)NCc1ccccc1)N(Cc1ccc(Cl)cc1)C(=O)CN(Cc1ccccc1)S(C)(=O)=O. The lowest BCUT2D eigenvalue weighted by atomic mass is 10.1. The summed E-state index contributed by atoms with van der Waals surface area (Å²) in [5, 5.41) is 3.42. The molecule has 190 valence electrons. The van der Waals surface area contributed by atoms with Gasteiger partial charge in [0.2, 0.25) is 21.8 Å². The highest BCUT2D eigenvalue weighted by Gasteiger charge is 2.29. The van der Waals surface area contributed by atoms with Crippen LogP contribution in [0.3, 0.4) is 0 Å². The third-order valence-electron chi connectivity index (χ3n) is 5.73. The number of nitrogens with zero attached hydrogens (tertiary/aromatic N) is 2. The summed E-state index contributed by atoms with van der Waals surface area (Å²) in [5.41, 5.74) is 2.46. The second kappa shape index (κ2) is 12.7. The van der Waals surface area contributed by atoms with Crippen molar-refractivity contribution in [1.82, 2.24) is 14.5 Å². The van der Waals surface area contributed by atoms with E-state index >= 15 is 0 Å². The summed E-state index contributed by atoms with van der Waals surface area (Å²) < 4.78 is 26.1. The van der Waals surface area contributed by atoms with Crippen LogP contribution >= 0.6 is 11.6 Å². The van der Waals surface area contributed by atoms with E-state index in [0.717, 1.165) is 27.3 Å². The van der Waals surface area contributed by atoms with Crippen LogP contribution in [0.1, 0.15) is 23.6 Å². The molecule has 0 aromatic heterocycles. The largest absolute Gasteiger partial charge is 0.350 e. The van der Waals surface area contributed by atoms with Gasteiger partial charge in [0.15, 0.2) is 0 Å². The molecular weight excluding hydrogens is 498 g/mol. The van der Waals surface area contributed by atoms with Crippen molar-refractivity contribution in [3.8, 4) is 0 Å². The Morgan fingerprint density at radius 2 is 1.36 bits per heavy atom. The van der Waals surface area contributed by atoms with Crippen molar-refractivity contribution in [2.75, 3.05) is 12.8 Å². The highest BCUT2D eigenvalue weighted by molar-refractivity contribution is 7.88. The Balaban J connectivity index is 1.80. The molecule has 0 unspecified atom stereocenters. The van der Waals surface area contributed by atoms with E-state index in [0.29, 0.717) is 11.6 Å². The molecule has 3 aromatic rings. The maximum atomic E-state index is 13.5. The van der Waals surface area contributed by atoms with Gasteiger partial charge in [-0.05, 0) is 35.7 Å². The monoisotopic (exact) mass is 527 g/mol. The van der Waals surface area contributed by atoms with Gasteiger partial charge in [-0.15, -0.1) is 0 Å². The van der Waals surface area contributed by atoms with E-state index in [9.17, 15) is 18.0 Å². The van der Waals surface area contributed by atoms with Crippen LogP contribution in [0.2, 0.25) is 5.02 Å². The van der Waals surface area contributed by atoms with E-state index in [1.807, 2.05) is 48.5 Å². The summed E-state index contributed by atoms with van der Waals surface area (Å²) in [6.07, 6.45) is 1.07. The van der Waals surface area contributed by atoms with E-state index in [-0.39, 0.29) is 19.0 Å². The molecule has 3 rings (SSSR count). The Labute approximate surface area is 217 Å². The maximum absolute atomic E-state index is 13.5. The van der Waals surface area contributed by atoms with Gasteiger partial charge in [0.25, 0.3) is 0 Å². The zero-order valence-electron chi connectivity index (χ0n) is 20.3. The second-order valence-electron chi connectivity index (χ2n) is 8.54. The molecule has 0 aliphatic rings. The number of hydrogen-bond acceptors (Lipinski definition) is 4. The quantitative estimate of drug-likeness (QED) is 0.410. The molecule has 2 amide bonds. The molecular formula is C27H30ClN3O4S. The molecule has 0 saturated heterocycles. The van der Waals surface area contributed by atoms with Crippen molar-refractivity contribution in [2.45, 2.75) is 32.6 Å². The third kappa shape index (κ3) is 8.19. The van der Waals surface area contributed by atoms with Crippen LogP contribution in [0.15, 0.2) is 84.9 Å². The third-order valence-corrected chi connectivity index (χ3v) is 7.17. The Kier molecular flexibility index (Phi) is 9.64. The average Bonchev–Trinajstić information content (AvgIpc) is 2.86. The van der Waals surface area contributed by atoms with Gasteiger partial charge in [0.05, 0.1) is 12.8 Å². The Morgan fingerprint density at radius 1 is 0.833 bits per heavy atom. The minimum Gasteiger partial charge on any atom is -0.350 e. The molecule has 1 atom stereocenters. The van der Waals surface area contributed by atoms with Gasteiger partial charge in [0, 0.05) is 24.7 Å². The van der Waals surface area contributed by atoms with Crippen LogP contribution < -0.4 is 5.32 Å². The van der Waals surface area contributed by atoms with Crippen LogP contribution in [-0.4, -0.2) is 48.3 Å². The average molecular weight is 528 g/mol. The molecule has 36 heavy (non-hydrogen) atoms. The number of amides is 2. The number of benzene rings is 3. The first-order valence-electron chi connectivity index (χ1n) is 11.5. The standard InChI is InChI=1S/C27H30ClN3O4S/c1-21(27(33)29-17-22-9-5-3-6-10-22)31(19-24-13-15-25(28)16-14-24)26(32)20-30(36(2,34)35)18-23-11-7-4-8-12-23/h3-16,21H,17-20H2,1-2H3,(H,29,33)/t21-/m1/s1. The Morgan fingerprint density at radius 3 is 1.92 bits per heavy atom. The zero-order chi connectivity index (χ0) is 26.1. The van der Waals surface area contributed by atoms with E-state index in [1.54, 1.807) is 43.3 Å². The molecule has 0 heterocycles. The fraction of sp³-hybridized carbons (Fsp3) is 0.259. The molecule has 0 aliphatic heterocycles. The van der Waals surface area contributed by atoms with Gasteiger partial charge in [0.1, 0.15) is 6.04 Å². The summed E-state index contributed by atoms with van der Waals surface area (Å²) in [7, 11) is -3.69. The lowest BCUT2D eigenvalue weighted by Crippen LogP contribution is -2.50. The zero-order valence-corrected chi connectivity index (χ0v) is 21.9. The minimum absolute atomic E-state index is 0.0504. The first-order chi connectivity index (χ1) is 17.1. The Hall–Kier alpha value is -3.20. The van der Waals surface area contributed by atoms with Crippen molar-refractivity contribution < 1.29 is 18.0 Å². The molecule has 1 N–H and O–H groups in total. The lowest BCUT2D eigenvalue weighted by molar-refractivity contribution is -0.140. The molecule has 7 nitrogen and oxygen atoms in total. The fourth-order valence-corrected chi connectivity index (χ4v) is 4.48. The number of carbonyl (C=O) groups excluding carboxylic acids is 2. The number of carbonyl (C=O) groups is 2. The predicted molar refractivity (Wildman–Crippen MR) is 141 cm³/mol. The van der Waals surface area contributed by atoms with Crippen LogP contribution in [0.4, 0.5) is 0 Å². The van der Waals surface area contributed by atoms with Gasteiger partial charge in [-0.25, -0.2) is 8.42 Å². The van der Waals surface area contributed by atoms with Crippen LogP contribution in [0.25, 0.3) is 0 Å². The number of hydrogen-bond donors (Lipinski definition) is 1. The van der Waals surface area contributed by atoms with E-state index < -0.39 is 28.5 Å². The summed E-state index contributed by atoms with van der Waals surface area (Å²) >= 11 is 6.00. The summed E-state index contributed by atoms with van der Waals surface area (Å²) in [6, 6.07) is 24.6. The highest BCUT2D eigenvalue weighted by Crippen LogP contribution is 2.16. The van der Waals surface area contributed by atoms with Crippen molar-refractivity contribution in [1.29, 1.82) is 0 Å². The number of rotatable bonds is 11. The van der Waals surface area contributed by atoms with E-state index in [1.165, 1.54) is 4.90 Å². The van der Waals surface area contributed by atoms with Gasteiger partial charge in [-0.1, -0.05) is 84.4 Å². The number of sulfonamides is 1. The van der Waals surface area contributed by atoms with Crippen molar-refractivity contribution in [2.24, 2.45) is 0 Å². The van der Waals surface area contributed by atoms with Gasteiger partial charge in [-0.3, -0.25) is 9.59 Å². The van der Waals surface area contributed by atoms with Crippen molar-refractivity contribution in [3.63, 3.8) is 0 Å².